The fourth-order valence-electron chi connectivity index (χ4n) is 1.84. The van der Waals surface area contributed by atoms with Crippen LogP contribution in [-0.2, 0) is 0 Å². The first-order valence-electron chi connectivity index (χ1n) is 5.78. The maximum Gasteiger partial charge on any atom is 0.269 e. The lowest BCUT2D eigenvalue weighted by molar-refractivity contribution is -0.384. The molecule has 3 aromatic rings. The van der Waals surface area contributed by atoms with Gasteiger partial charge in [0.25, 0.3) is 5.69 Å². The van der Waals surface area contributed by atoms with Crippen molar-refractivity contribution in [2.75, 3.05) is 5.32 Å². The van der Waals surface area contributed by atoms with E-state index in [1.165, 1.54) is 12.1 Å². The van der Waals surface area contributed by atoms with E-state index in [-0.39, 0.29) is 5.69 Å². The molecule has 7 heteroatoms. The second-order valence-electron chi connectivity index (χ2n) is 4.18. The van der Waals surface area contributed by atoms with Gasteiger partial charge in [0.15, 0.2) is 0 Å². The van der Waals surface area contributed by atoms with Gasteiger partial charge < -0.3 is 10.3 Å². The summed E-state index contributed by atoms with van der Waals surface area (Å²) < 4.78 is 0.968. The highest BCUT2D eigenvalue weighted by Gasteiger charge is 2.06. The maximum atomic E-state index is 10.6. The van der Waals surface area contributed by atoms with Gasteiger partial charge in [-0.1, -0.05) is 15.9 Å². The normalized spacial score (nSPS) is 10.7. The van der Waals surface area contributed by atoms with Gasteiger partial charge >= 0.3 is 0 Å². The van der Waals surface area contributed by atoms with Crippen molar-refractivity contribution in [1.29, 1.82) is 0 Å². The van der Waals surface area contributed by atoms with Crippen LogP contribution in [0, 0.1) is 10.1 Å². The van der Waals surface area contributed by atoms with E-state index in [1.54, 1.807) is 12.1 Å². The summed E-state index contributed by atoms with van der Waals surface area (Å²) in [4.78, 5) is 17.7. The maximum absolute atomic E-state index is 10.6. The van der Waals surface area contributed by atoms with Crippen LogP contribution >= 0.6 is 15.9 Å². The average molecular weight is 333 g/mol. The van der Waals surface area contributed by atoms with Gasteiger partial charge in [0.05, 0.1) is 16.0 Å². The molecule has 0 unspecified atom stereocenters. The molecule has 2 N–H and O–H groups in total. The summed E-state index contributed by atoms with van der Waals surface area (Å²) in [7, 11) is 0. The van der Waals surface area contributed by atoms with E-state index < -0.39 is 4.92 Å². The van der Waals surface area contributed by atoms with Crippen LogP contribution in [-0.4, -0.2) is 14.9 Å². The fourth-order valence-corrected chi connectivity index (χ4v) is 2.21. The number of nitrogens with one attached hydrogen (secondary N) is 2. The van der Waals surface area contributed by atoms with Crippen molar-refractivity contribution in [3.8, 4) is 0 Å². The Morgan fingerprint density at radius 1 is 1.20 bits per heavy atom. The molecule has 0 atom stereocenters. The molecule has 0 saturated carbocycles. The van der Waals surface area contributed by atoms with Crippen LogP contribution < -0.4 is 5.32 Å². The number of hydrogen-bond acceptors (Lipinski definition) is 4. The van der Waals surface area contributed by atoms with E-state index in [2.05, 4.69) is 31.2 Å². The predicted octanol–water partition coefficient (Wildman–Crippen LogP) is 3.98. The van der Waals surface area contributed by atoms with Crippen molar-refractivity contribution >= 4 is 44.3 Å². The summed E-state index contributed by atoms with van der Waals surface area (Å²) in [5, 5.41) is 13.7. The number of nitrogens with zero attached hydrogens (tertiary/aromatic N) is 2. The standard InChI is InChI=1S/C13H9BrN4O2/c14-8-1-6-11-12(7-8)17-13(16-11)15-9-2-4-10(5-3-9)18(19)20/h1-7H,(H2,15,16,17). The molecule has 0 aliphatic heterocycles. The number of hydrogen-bond donors (Lipinski definition) is 2. The molecule has 0 bridgehead atoms. The van der Waals surface area contributed by atoms with E-state index in [1.807, 2.05) is 18.2 Å². The Hall–Kier alpha value is -2.41. The number of rotatable bonds is 3. The van der Waals surface area contributed by atoms with Crippen LogP contribution in [0.2, 0.25) is 0 Å². The largest absolute Gasteiger partial charge is 0.326 e. The van der Waals surface area contributed by atoms with Gasteiger partial charge in [0.1, 0.15) is 0 Å². The second kappa shape index (κ2) is 4.93. The number of benzene rings is 2. The van der Waals surface area contributed by atoms with Gasteiger partial charge in [-0.15, -0.1) is 0 Å². The van der Waals surface area contributed by atoms with Gasteiger partial charge in [0, 0.05) is 22.3 Å². The minimum atomic E-state index is -0.428. The van der Waals surface area contributed by atoms with E-state index in [0.29, 0.717) is 5.95 Å². The minimum absolute atomic E-state index is 0.0593. The third-order valence-electron chi connectivity index (χ3n) is 2.78. The number of anilines is 2. The number of fused-ring (bicyclic) bond motifs is 1. The van der Waals surface area contributed by atoms with Gasteiger partial charge in [-0.05, 0) is 30.3 Å². The lowest BCUT2D eigenvalue weighted by Crippen LogP contribution is -1.93. The number of aromatic nitrogens is 2. The highest BCUT2D eigenvalue weighted by molar-refractivity contribution is 9.10. The first-order valence-corrected chi connectivity index (χ1v) is 6.58. The molecule has 0 aliphatic carbocycles. The molecule has 6 nitrogen and oxygen atoms in total. The third-order valence-corrected chi connectivity index (χ3v) is 3.28. The van der Waals surface area contributed by atoms with Crippen LogP contribution in [0.4, 0.5) is 17.3 Å². The zero-order chi connectivity index (χ0) is 14.1. The summed E-state index contributed by atoms with van der Waals surface area (Å²) in [5.41, 5.74) is 2.54. The summed E-state index contributed by atoms with van der Waals surface area (Å²) in [6.07, 6.45) is 0. The zero-order valence-electron chi connectivity index (χ0n) is 10.1. The molecule has 0 spiro atoms. The molecular formula is C13H9BrN4O2. The summed E-state index contributed by atoms with van der Waals surface area (Å²) >= 11 is 3.40. The number of nitro groups is 1. The zero-order valence-corrected chi connectivity index (χ0v) is 11.7. The Morgan fingerprint density at radius 2 is 1.95 bits per heavy atom. The lowest BCUT2D eigenvalue weighted by atomic mass is 10.3. The Kier molecular flexibility index (Phi) is 3.11. The van der Waals surface area contributed by atoms with Crippen LogP contribution in [0.5, 0.6) is 0 Å². The highest BCUT2D eigenvalue weighted by Crippen LogP contribution is 2.22. The summed E-state index contributed by atoms with van der Waals surface area (Å²) in [6, 6.07) is 11.9. The van der Waals surface area contributed by atoms with Crippen LogP contribution in [0.25, 0.3) is 11.0 Å². The van der Waals surface area contributed by atoms with Crippen molar-refractivity contribution in [3.05, 3.63) is 57.1 Å². The summed E-state index contributed by atoms with van der Waals surface area (Å²) in [5.74, 6) is 0.590. The van der Waals surface area contributed by atoms with Gasteiger partial charge in [-0.25, -0.2) is 4.98 Å². The fraction of sp³-hybridized carbons (Fsp3) is 0. The number of H-pyrrole nitrogens is 1. The Bertz CT molecular complexity index is 783. The van der Waals surface area contributed by atoms with Crippen molar-refractivity contribution in [2.45, 2.75) is 0 Å². The number of imidazole rings is 1. The van der Waals surface area contributed by atoms with E-state index >= 15 is 0 Å². The minimum Gasteiger partial charge on any atom is -0.326 e. The second-order valence-corrected chi connectivity index (χ2v) is 5.09. The smallest absolute Gasteiger partial charge is 0.269 e. The molecule has 1 heterocycles. The molecule has 0 aliphatic rings. The van der Waals surface area contributed by atoms with Gasteiger partial charge in [-0.2, -0.15) is 0 Å². The molecule has 0 amide bonds. The van der Waals surface area contributed by atoms with E-state index in [0.717, 1.165) is 21.2 Å². The van der Waals surface area contributed by atoms with Crippen molar-refractivity contribution in [2.24, 2.45) is 0 Å². The topological polar surface area (TPSA) is 83.8 Å². The number of non-ortho nitro benzene ring substituents is 1. The van der Waals surface area contributed by atoms with E-state index in [9.17, 15) is 10.1 Å². The van der Waals surface area contributed by atoms with Crippen molar-refractivity contribution in [1.82, 2.24) is 9.97 Å². The van der Waals surface area contributed by atoms with Gasteiger partial charge in [-0.3, -0.25) is 10.1 Å². The quantitative estimate of drug-likeness (QED) is 0.561. The van der Waals surface area contributed by atoms with Crippen LogP contribution in [0.15, 0.2) is 46.9 Å². The molecule has 1 aromatic heterocycles. The monoisotopic (exact) mass is 332 g/mol. The first-order chi connectivity index (χ1) is 9.61. The molecule has 0 fully saturated rings. The Morgan fingerprint density at radius 3 is 2.65 bits per heavy atom. The van der Waals surface area contributed by atoms with Crippen molar-refractivity contribution < 1.29 is 4.92 Å². The summed E-state index contributed by atoms with van der Waals surface area (Å²) in [6.45, 7) is 0. The molecule has 20 heavy (non-hydrogen) atoms. The Balaban J connectivity index is 1.87. The molecule has 0 saturated heterocycles. The first kappa shape index (κ1) is 12.6. The third kappa shape index (κ3) is 2.48. The average Bonchev–Trinajstić information content (AvgIpc) is 2.80. The van der Waals surface area contributed by atoms with Gasteiger partial charge in [0.2, 0.25) is 5.95 Å². The molecule has 3 rings (SSSR count). The predicted molar refractivity (Wildman–Crippen MR) is 80.2 cm³/mol. The molecule has 0 radical (unpaired) electrons. The lowest BCUT2D eigenvalue weighted by Gasteiger charge is -2.01. The molecule has 2 aromatic carbocycles. The molecule has 100 valence electrons. The number of halogens is 1. The van der Waals surface area contributed by atoms with Crippen LogP contribution in [0.1, 0.15) is 0 Å². The molecular weight excluding hydrogens is 324 g/mol. The Labute approximate surface area is 122 Å². The number of aromatic amines is 1. The highest BCUT2D eigenvalue weighted by atomic mass is 79.9. The number of nitro benzene ring substituents is 1. The van der Waals surface area contributed by atoms with Crippen molar-refractivity contribution in [3.63, 3.8) is 0 Å². The SMILES string of the molecule is O=[N+]([O-])c1ccc(Nc2nc3ccc(Br)cc3[nH]2)cc1. The van der Waals surface area contributed by atoms with E-state index in [4.69, 9.17) is 0 Å². The van der Waals surface area contributed by atoms with Crippen LogP contribution in [0.3, 0.4) is 0 Å².